The highest BCUT2D eigenvalue weighted by molar-refractivity contribution is 8.03. The Balaban J connectivity index is 2.99. The first-order valence-electron chi connectivity index (χ1n) is 2.81. The smallest absolute Gasteiger partial charge is 0.0888 e. The number of rotatable bonds is 4. The van der Waals surface area contributed by atoms with E-state index in [2.05, 4.69) is 12.3 Å². The molecule has 0 rings (SSSR count). The number of hydrogen-bond acceptors (Lipinski definition) is 3. The van der Waals surface area contributed by atoms with Gasteiger partial charge in [-0.2, -0.15) is 17.0 Å². The van der Waals surface area contributed by atoms with Crippen LogP contribution in [0.15, 0.2) is 0 Å². The third-order valence-corrected chi connectivity index (χ3v) is 2.75. The highest BCUT2D eigenvalue weighted by Crippen LogP contribution is 2.10. The fourth-order valence-corrected chi connectivity index (χ4v) is 1.83. The molecule has 1 atom stereocenters. The van der Waals surface area contributed by atoms with Gasteiger partial charge in [0.1, 0.15) is 0 Å². The van der Waals surface area contributed by atoms with Crippen molar-refractivity contribution in [2.45, 2.75) is 12.2 Å². The van der Waals surface area contributed by atoms with Gasteiger partial charge in [-0.3, -0.25) is 0 Å². The fourth-order valence-electron chi connectivity index (χ4n) is 0.345. The molecule has 0 N–H and O–H groups in total. The van der Waals surface area contributed by atoms with E-state index in [4.69, 9.17) is 5.26 Å². The summed E-state index contributed by atoms with van der Waals surface area (Å²) in [5, 5.41) is 8.52. The first-order chi connectivity index (χ1) is 4.31. The van der Waals surface area contributed by atoms with Gasteiger partial charge in [-0.15, -0.1) is 11.8 Å². The second-order valence-electron chi connectivity index (χ2n) is 1.63. The van der Waals surface area contributed by atoms with Crippen LogP contribution in [-0.4, -0.2) is 23.0 Å². The molecule has 3 heteroatoms. The van der Waals surface area contributed by atoms with Crippen molar-refractivity contribution in [2.24, 2.45) is 0 Å². The molecule has 1 unspecified atom stereocenters. The van der Waals surface area contributed by atoms with E-state index in [1.54, 1.807) is 11.8 Å². The van der Waals surface area contributed by atoms with Crippen LogP contribution in [0, 0.1) is 11.3 Å². The SMILES string of the molecule is CSCCSC(C)C#N. The van der Waals surface area contributed by atoms with Gasteiger partial charge in [-0.25, -0.2) is 0 Å². The number of nitriles is 1. The minimum Gasteiger partial charge on any atom is -0.197 e. The summed E-state index contributed by atoms with van der Waals surface area (Å²) in [4.78, 5) is 0. The first kappa shape index (κ1) is 9.19. The molecule has 0 spiro atoms. The summed E-state index contributed by atoms with van der Waals surface area (Å²) in [5.41, 5.74) is 0. The lowest BCUT2D eigenvalue weighted by atomic mass is 10.5. The molecule has 0 aromatic carbocycles. The summed E-state index contributed by atoms with van der Waals surface area (Å²) >= 11 is 3.54. The van der Waals surface area contributed by atoms with Crippen molar-refractivity contribution < 1.29 is 0 Å². The highest BCUT2D eigenvalue weighted by atomic mass is 32.2. The summed E-state index contributed by atoms with van der Waals surface area (Å²) in [6, 6.07) is 2.18. The first-order valence-corrected chi connectivity index (χ1v) is 5.25. The second-order valence-corrected chi connectivity index (χ2v) is 4.07. The van der Waals surface area contributed by atoms with Crippen LogP contribution in [-0.2, 0) is 0 Å². The minimum absolute atomic E-state index is 0.164. The zero-order valence-electron chi connectivity index (χ0n) is 5.76. The number of hydrogen-bond donors (Lipinski definition) is 0. The number of thioether (sulfide) groups is 2. The molecule has 0 aliphatic heterocycles. The van der Waals surface area contributed by atoms with E-state index in [9.17, 15) is 0 Å². The Bertz CT molecular complexity index is 97.7. The Morgan fingerprint density at radius 2 is 2.22 bits per heavy atom. The van der Waals surface area contributed by atoms with Crippen LogP contribution >= 0.6 is 23.5 Å². The van der Waals surface area contributed by atoms with Crippen LogP contribution < -0.4 is 0 Å². The average molecular weight is 161 g/mol. The molecule has 0 aromatic heterocycles. The molecule has 9 heavy (non-hydrogen) atoms. The number of nitrogens with zero attached hydrogens (tertiary/aromatic N) is 1. The molecule has 0 saturated carbocycles. The van der Waals surface area contributed by atoms with Gasteiger partial charge in [0.2, 0.25) is 0 Å². The maximum absolute atomic E-state index is 8.36. The lowest BCUT2D eigenvalue weighted by Crippen LogP contribution is -1.93. The molecule has 0 amide bonds. The lowest BCUT2D eigenvalue weighted by molar-refractivity contribution is 1.24. The second kappa shape index (κ2) is 6.31. The van der Waals surface area contributed by atoms with Crippen LogP contribution in [0.4, 0.5) is 0 Å². The van der Waals surface area contributed by atoms with Crippen molar-refractivity contribution in [3.05, 3.63) is 0 Å². The molecular weight excluding hydrogens is 150 g/mol. The molecular formula is C6H11NS2. The largest absolute Gasteiger partial charge is 0.197 e. The Kier molecular flexibility index (Phi) is 6.45. The minimum atomic E-state index is 0.164. The molecule has 52 valence electrons. The van der Waals surface area contributed by atoms with Crippen molar-refractivity contribution in [1.82, 2.24) is 0 Å². The van der Waals surface area contributed by atoms with E-state index >= 15 is 0 Å². The fraction of sp³-hybridized carbons (Fsp3) is 0.833. The molecule has 0 saturated heterocycles. The van der Waals surface area contributed by atoms with Gasteiger partial charge < -0.3 is 0 Å². The Labute approximate surface area is 65.2 Å². The zero-order chi connectivity index (χ0) is 7.11. The van der Waals surface area contributed by atoms with Gasteiger partial charge in [0.05, 0.1) is 11.3 Å². The Morgan fingerprint density at radius 3 is 2.67 bits per heavy atom. The third-order valence-electron chi connectivity index (χ3n) is 0.837. The van der Waals surface area contributed by atoms with Gasteiger partial charge in [0.15, 0.2) is 0 Å². The Morgan fingerprint density at radius 1 is 1.56 bits per heavy atom. The van der Waals surface area contributed by atoms with Crippen LogP contribution in [0.25, 0.3) is 0 Å². The lowest BCUT2D eigenvalue weighted by Gasteiger charge is -1.98. The van der Waals surface area contributed by atoms with Gasteiger partial charge in [0, 0.05) is 11.5 Å². The summed E-state index contributed by atoms with van der Waals surface area (Å²) in [5.74, 6) is 2.24. The quantitative estimate of drug-likeness (QED) is 0.589. The van der Waals surface area contributed by atoms with Gasteiger partial charge >= 0.3 is 0 Å². The van der Waals surface area contributed by atoms with E-state index in [0.717, 1.165) is 11.5 Å². The summed E-state index contributed by atoms with van der Waals surface area (Å²) < 4.78 is 0. The van der Waals surface area contributed by atoms with Crippen molar-refractivity contribution in [3.8, 4) is 6.07 Å². The molecule has 0 aliphatic rings. The van der Waals surface area contributed by atoms with Crippen molar-refractivity contribution in [3.63, 3.8) is 0 Å². The van der Waals surface area contributed by atoms with Crippen molar-refractivity contribution >= 4 is 23.5 Å². The summed E-state index contributed by atoms with van der Waals surface area (Å²) in [6.45, 7) is 1.94. The van der Waals surface area contributed by atoms with E-state index in [1.165, 1.54) is 0 Å². The average Bonchev–Trinajstić information content (AvgIpc) is 1.89. The topological polar surface area (TPSA) is 23.8 Å². The molecule has 0 fully saturated rings. The maximum Gasteiger partial charge on any atom is 0.0888 e. The molecule has 1 nitrogen and oxygen atoms in total. The molecule has 0 radical (unpaired) electrons. The van der Waals surface area contributed by atoms with Gasteiger partial charge in [0.25, 0.3) is 0 Å². The normalized spacial score (nSPS) is 12.6. The predicted octanol–water partition coefficient (Wildman–Crippen LogP) is 1.99. The highest BCUT2D eigenvalue weighted by Gasteiger charge is 1.96. The van der Waals surface area contributed by atoms with Crippen LogP contribution in [0.2, 0.25) is 0 Å². The van der Waals surface area contributed by atoms with E-state index in [0.29, 0.717) is 0 Å². The van der Waals surface area contributed by atoms with Gasteiger partial charge in [-0.05, 0) is 13.2 Å². The monoisotopic (exact) mass is 161 g/mol. The van der Waals surface area contributed by atoms with Crippen molar-refractivity contribution in [2.75, 3.05) is 17.8 Å². The summed E-state index contributed by atoms with van der Waals surface area (Å²) in [6.07, 6.45) is 2.08. The molecule has 0 bridgehead atoms. The zero-order valence-corrected chi connectivity index (χ0v) is 7.39. The van der Waals surface area contributed by atoms with Crippen LogP contribution in [0.1, 0.15) is 6.92 Å². The standard InChI is InChI=1S/C6H11NS2/c1-6(5-7)9-4-3-8-2/h6H,3-4H2,1-2H3. The van der Waals surface area contributed by atoms with Crippen LogP contribution in [0.3, 0.4) is 0 Å². The summed E-state index contributed by atoms with van der Waals surface area (Å²) in [7, 11) is 0. The van der Waals surface area contributed by atoms with E-state index in [-0.39, 0.29) is 5.25 Å². The Hall–Kier alpha value is 0.190. The molecule has 0 aliphatic carbocycles. The molecule has 0 heterocycles. The van der Waals surface area contributed by atoms with Crippen molar-refractivity contribution in [1.29, 1.82) is 5.26 Å². The van der Waals surface area contributed by atoms with E-state index < -0.39 is 0 Å². The van der Waals surface area contributed by atoms with E-state index in [1.807, 2.05) is 18.7 Å². The third kappa shape index (κ3) is 6.07. The predicted molar refractivity (Wildman–Crippen MR) is 45.9 cm³/mol. The van der Waals surface area contributed by atoms with Gasteiger partial charge in [-0.1, -0.05) is 0 Å². The molecule has 0 aromatic rings. The maximum atomic E-state index is 8.36. The van der Waals surface area contributed by atoms with Crippen LogP contribution in [0.5, 0.6) is 0 Å².